The van der Waals surface area contributed by atoms with E-state index in [0.717, 1.165) is 11.3 Å². The van der Waals surface area contributed by atoms with Crippen molar-refractivity contribution < 1.29 is 14.6 Å². The van der Waals surface area contributed by atoms with Gasteiger partial charge >= 0.3 is 0 Å². The highest BCUT2D eigenvalue weighted by Crippen LogP contribution is 2.23. The topological polar surface area (TPSA) is 122 Å². The Labute approximate surface area is 179 Å². The van der Waals surface area contributed by atoms with E-state index in [1.54, 1.807) is 12.1 Å². The number of aliphatic hydroxyl groups excluding tert-OH is 1. The Hall–Kier alpha value is -2.85. The van der Waals surface area contributed by atoms with Gasteiger partial charge in [0, 0.05) is 24.7 Å². The molecule has 0 fully saturated rings. The number of rotatable bonds is 11. The number of amides is 1. The number of nitrogens with two attached hydrogens (primary N) is 1. The molecule has 2 heterocycles. The molecule has 2 aromatic heterocycles. The molecule has 3 aromatic rings. The summed E-state index contributed by atoms with van der Waals surface area (Å²) in [6, 6.07) is 13.0. The molecule has 5 N–H and O–H groups in total. The Kier molecular flexibility index (Phi) is 8.28. The number of anilines is 2. The van der Waals surface area contributed by atoms with Crippen molar-refractivity contribution in [3.05, 3.63) is 70.9 Å². The monoisotopic (exact) mass is 427 g/mol. The highest BCUT2D eigenvalue weighted by Gasteiger charge is 2.12. The molecule has 1 atom stereocenters. The summed E-state index contributed by atoms with van der Waals surface area (Å²) in [5.41, 5.74) is 8.48. The van der Waals surface area contributed by atoms with Crippen molar-refractivity contribution in [2.24, 2.45) is 5.73 Å². The number of nitrogens with one attached hydrogen (secondary N) is 2. The lowest BCUT2D eigenvalue weighted by Gasteiger charge is -2.10. The molecule has 1 amide bonds. The number of hydrogen-bond donors (Lipinski definition) is 4. The van der Waals surface area contributed by atoms with Crippen molar-refractivity contribution in [2.75, 3.05) is 25.1 Å². The molecule has 0 aliphatic carbocycles. The van der Waals surface area contributed by atoms with Crippen LogP contribution in [0.25, 0.3) is 0 Å². The van der Waals surface area contributed by atoms with Gasteiger partial charge in [-0.3, -0.25) is 4.79 Å². The number of benzene rings is 1. The third-order valence-electron chi connectivity index (χ3n) is 4.19. The van der Waals surface area contributed by atoms with Gasteiger partial charge in [-0.25, -0.2) is 9.97 Å². The quantitative estimate of drug-likeness (QED) is 0.347. The predicted octanol–water partition coefficient (Wildman–Crippen LogP) is 2.61. The normalized spacial score (nSPS) is 11.8. The van der Waals surface area contributed by atoms with E-state index in [-0.39, 0.29) is 18.6 Å². The summed E-state index contributed by atoms with van der Waals surface area (Å²) >= 11 is 1.43. The minimum atomic E-state index is -0.321. The summed E-state index contributed by atoms with van der Waals surface area (Å²) in [5, 5.41) is 17.1. The van der Waals surface area contributed by atoms with Gasteiger partial charge in [-0.05, 0) is 24.1 Å². The smallest absolute Gasteiger partial charge is 0.252 e. The number of carbonyl (C=O) groups is 1. The second kappa shape index (κ2) is 11.4. The van der Waals surface area contributed by atoms with E-state index in [1.165, 1.54) is 17.5 Å². The van der Waals surface area contributed by atoms with Crippen molar-refractivity contribution in [2.45, 2.75) is 19.1 Å². The Balaban J connectivity index is 1.48. The summed E-state index contributed by atoms with van der Waals surface area (Å²) in [7, 11) is 0. The molecular formula is C21H25N5O3S. The van der Waals surface area contributed by atoms with Crippen LogP contribution in [0.15, 0.2) is 54.0 Å². The number of pyridine rings is 1. The first-order chi connectivity index (χ1) is 14.7. The molecule has 158 valence electrons. The Morgan fingerprint density at radius 3 is 2.80 bits per heavy atom. The highest BCUT2D eigenvalue weighted by atomic mass is 32.1. The van der Waals surface area contributed by atoms with Gasteiger partial charge in [-0.1, -0.05) is 30.3 Å². The van der Waals surface area contributed by atoms with Crippen LogP contribution in [0.2, 0.25) is 0 Å². The Morgan fingerprint density at radius 2 is 2.07 bits per heavy atom. The second-order valence-corrected chi connectivity index (χ2v) is 7.43. The van der Waals surface area contributed by atoms with Crippen LogP contribution in [0.4, 0.5) is 10.9 Å². The van der Waals surface area contributed by atoms with Crippen LogP contribution in [0.1, 0.15) is 34.1 Å². The third kappa shape index (κ3) is 6.60. The third-order valence-corrected chi connectivity index (χ3v) is 4.97. The number of hydrogen-bond acceptors (Lipinski definition) is 8. The zero-order valence-corrected chi connectivity index (χ0v) is 17.3. The zero-order valence-electron chi connectivity index (χ0n) is 16.5. The van der Waals surface area contributed by atoms with Gasteiger partial charge in [0.05, 0.1) is 30.5 Å². The molecule has 0 aliphatic rings. The molecule has 3 rings (SSSR count). The maximum absolute atomic E-state index is 12.0. The Bertz CT molecular complexity index is 918. The molecular weight excluding hydrogens is 402 g/mol. The van der Waals surface area contributed by atoms with Crippen LogP contribution in [0.3, 0.4) is 0 Å². The number of ether oxygens (including phenoxy) is 1. The molecule has 9 heteroatoms. The molecule has 0 radical (unpaired) electrons. The van der Waals surface area contributed by atoms with Crippen molar-refractivity contribution >= 4 is 28.2 Å². The summed E-state index contributed by atoms with van der Waals surface area (Å²) in [6.45, 7) is 1.34. The fraction of sp³-hybridized carbons (Fsp3) is 0.286. The van der Waals surface area contributed by atoms with E-state index in [4.69, 9.17) is 15.6 Å². The molecule has 0 saturated heterocycles. The van der Waals surface area contributed by atoms with Crippen molar-refractivity contribution in [1.82, 2.24) is 15.3 Å². The zero-order chi connectivity index (χ0) is 21.2. The van der Waals surface area contributed by atoms with E-state index < -0.39 is 0 Å². The van der Waals surface area contributed by atoms with E-state index in [1.807, 2.05) is 35.7 Å². The van der Waals surface area contributed by atoms with E-state index in [2.05, 4.69) is 20.6 Å². The van der Waals surface area contributed by atoms with Crippen LogP contribution in [0, 0.1) is 0 Å². The minimum absolute atomic E-state index is 0.0417. The van der Waals surface area contributed by atoms with E-state index in [9.17, 15) is 4.79 Å². The highest BCUT2D eigenvalue weighted by molar-refractivity contribution is 7.13. The molecule has 30 heavy (non-hydrogen) atoms. The van der Waals surface area contributed by atoms with Gasteiger partial charge in [0.15, 0.2) is 5.13 Å². The lowest BCUT2D eigenvalue weighted by atomic mass is 10.2. The van der Waals surface area contributed by atoms with E-state index in [0.29, 0.717) is 42.7 Å². The number of aliphatic hydroxyl groups is 1. The SMILES string of the molecule is NC(COCc1ccccc1)c1csc(Nc2ccc(C(=O)NCCCO)cn2)n1. The van der Waals surface area contributed by atoms with Crippen LogP contribution < -0.4 is 16.4 Å². The van der Waals surface area contributed by atoms with Gasteiger partial charge in [-0.15, -0.1) is 11.3 Å². The molecule has 1 aromatic carbocycles. The molecule has 0 spiro atoms. The molecule has 8 nitrogen and oxygen atoms in total. The van der Waals surface area contributed by atoms with Crippen LogP contribution in [-0.2, 0) is 11.3 Å². The van der Waals surface area contributed by atoms with Crippen molar-refractivity contribution in [3.8, 4) is 0 Å². The number of nitrogens with zero attached hydrogens (tertiary/aromatic N) is 2. The lowest BCUT2D eigenvalue weighted by Crippen LogP contribution is -2.25. The average Bonchev–Trinajstić information content (AvgIpc) is 3.24. The van der Waals surface area contributed by atoms with Crippen LogP contribution in [0.5, 0.6) is 0 Å². The maximum atomic E-state index is 12.0. The lowest BCUT2D eigenvalue weighted by molar-refractivity contribution is 0.0951. The van der Waals surface area contributed by atoms with Crippen LogP contribution in [-0.4, -0.2) is 40.7 Å². The first-order valence-electron chi connectivity index (χ1n) is 9.60. The summed E-state index contributed by atoms with van der Waals surface area (Å²) in [5.74, 6) is 0.359. The molecule has 1 unspecified atom stereocenters. The minimum Gasteiger partial charge on any atom is -0.396 e. The standard InChI is InChI=1S/C21H25N5O3S/c22-17(13-29-12-15-5-2-1-3-6-15)18-14-30-21(25-18)26-19-8-7-16(11-24-19)20(28)23-9-4-10-27/h1-3,5-8,11,14,17,27H,4,9-10,12-13,22H2,(H,23,28)(H,24,25,26). The van der Waals surface area contributed by atoms with Crippen LogP contribution >= 0.6 is 11.3 Å². The number of aromatic nitrogens is 2. The largest absolute Gasteiger partial charge is 0.396 e. The average molecular weight is 428 g/mol. The first-order valence-corrected chi connectivity index (χ1v) is 10.5. The predicted molar refractivity (Wildman–Crippen MR) is 117 cm³/mol. The van der Waals surface area contributed by atoms with E-state index >= 15 is 0 Å². The summed E-state index contributed by atoms with van der Waals surface area (Å²) < 4.78 is 5.69. The second-order valence-electron chi connectivity index (χ2n) is 6.57. The van der Waals surface area contributed by atoms with Crippen molar-refractivity contribution in [3.63, 3.8) is 0 Å². The molecule has 0 aliphatic heterocycles. The van der Waals surface area contributed by atoms with Crippen molar-refractivity contribution in [1.29, 1.82) is 0 Å². The fourth-order valence-electron chi connectivity index (χ4n) is 2.57. The number of carbonyl (C=O) groups excluding carboxylic acids is 1. The van der Waals surface area contributed by atoms with Gasteiger partial charge in [-0.2, -0.15) is 0 Å². The summed E-state index contributed by atoms with van der Waals surface area (Å²) in [6.07, 6.45) is 2.01. The van der Waals surface area contributed by atoms with Gasteiger partial charge < -0.3 is 26.2 Å². The van der Waals surface area contributed by atoms with Gasteiger partial charge in [0.1, 0.15) is 5.82 Å². The number of thiazole rings is 1. The first kappa shape index (κ1) is 21.8. The Morgan fingerprint density at radius 1 is 1.23 bits per heavy atom. The maximum Gasteiger partial charge on any atom is 0.252 e. The van der Waals surface area contributed by atoms with Gasteiger partial charge in [0.25, 0.3) is 5.91 Å². The van der Waals surface area contributed by atoms with Gasteiger partial charge in [0.2, 0.25) is 0 Å². The summed E-state index contributed by atoms with van der Waals surface area (Å²) in [4.78, 5) is 20.7. The molecule has 0 saturated carbocycles. The molecule has 0 bridgehead atoms. The fourth-order valence-corrected chi connectivity index (χ4v) is 3.35.